The van der Waals surface area contributed by atoms with Crippen molar-refractivity contribution in [2.75, 3.05) is 0 Å². The number of halogens is 1. The van der Waals surface area contributed by atoms with Crippen LogP contribution in [0.4, 0.5) is 4.39 Å². The molecule has 0 amide bonds. The van der Waals surface area contributed by atoms with E-state index < -0.39 is 11.4 Å². The molecule has 1 aromatic heterocycles. The van der Waals surface area contributed by atoms with Crippen molar-refractivity contribution in [2.24, 2.45) is 0 Å². The third-order valence-corrected chi connectivity index (χ3v) is 3.17. The van der Waals surface area contributed by atoms with Gasteiger partial charge in [0.25, 0.3) is 0 Å². The molecule has 0 bridgehead atoms. The highest BCUT2D eigenvalue weighted by atomic mass is 19.1. The lowest BCUT2D eigenvalue weighted by atomic mass is 9.86. The number of pyridine rings is 1. The van der Waals surface area contributed by atoms with Crippen LogP contribution in [0.3, 0.4) is 0 Å². The Morgan fingerprint density at radius 3 is 2.56 bits per heavy atom. The van der Waals surface area contributed by atoms with Gasteiger partial charge in [-0.15, -0.1) is 0 Å². The van der Waals surface area contributed by atoms with Crippen molar-refractivity contribution in [1.29, 1.82) is 0 Å². The van der Waals surface area contributed by atoms with E-state index in [1.165, 1.54) is 12.3 Å². The molecule has 0 saturated carbocycles. The van der Waals surface area contributed by atoms with Gasteiger partial charge in [-0.2, -0.15) is 0 Å². The minimum absolute atomic E-state index is 0.424. The van der Waals surface area contributed by atoms with Gasteiger partial charge < -0.3 is 5.11 Å². The van der Waals surface area contributed by atoms with E-state index >= 15 is 0 Å². The Hall–Kier alpha value is -1.74. The summed E-state index contributed by atoms with van der Waals surface area (Å²) in [4.78, 5) is 3.80. The molecule has 0 fully saturated rings. The van der Waals surface area contributed by atoms with Crippen LogP contribution in [0.2, 0.25) is 0 Å². The first-order valence-electron chi connectivity index (χ1n) is 6.01. The molecule has 3 heteroatoms. The van der Waals surface area contributed by atoms with E-state index in [4.69, 9.17) is 0 Å². The third-order valence-electron chi connectivity index (χ3n) is 3.17. The van der Waals surface area contributed by atoms with E-state index in [-0.39, 0.29) is 0 Å². The number of hydrogen-bond donors (Lipinski definition) is 1. The van der Waals surface area contributed by atoms with Gasteiger partial charge in [-0.3, -0.25) is 4.98 Å². The van der Waals surface area contributed by atoms with E-state index in [9.17, 15) is 9.50 Å². The van der Waals surface area contributed by atoms with E-state index in [0.29, 0.717) is 18.4 Å². The number of aliphatic hydroxyl groups is 1. The Morgan fingerprint density at radius 2 is 1.94 bits per heavy atom. The molecule has 18 heavy (non-hydrogen) atoms. The SMILES string of the molecule is CCC(O)(Cc1ccccc1)c1cncc(F)c1. The summed E-state index contributed by atoms with van der Waals surface area (Å²) in [5, 5.41) is 10.7. The Bertz CT molecular complexity index is 515. The second-order valence-corrected chi connectivity index (χ2v) is 4.44. The third kappa shape index (κ3) is 2.74. The van der Waals surface area contributed by atoms with Gasteiger partial charge in [0.1, 0.15) is 5.82 Å². The maximum atomic E-state index is 13.2. The van der Waals surface area contributed by atoms with Crippen molar-refractivity contribution < 1.29 is 9.50 Å². The first-order chi connectivity index (χ1) is 8.64. The highest BCUT2D eigenvalue weighted by Crippen LogP contribution is 2.29. The summed E-state index contributed by atoms with van der Waals surface area (Å²) in [5.74, 6) is -0.424. The fraction of sp³-hybridized carbons (Fsp3) is 0.267. The topological polar surface area (TPSA) is 33.1 Å². The Balaban J connectivity index is 2.31. The summed E-state index contributed by atoms with van der Waals surface area (Å²) >= 11 is 0. The molecule has 0 aliphatic carbocycles. The monoisotopic (exact) mass is 245 g/mol. The van der Waals surface area contributed by atoms with Gasteiger partial charge in [-0.1, -0.05) is 37.3 Å². The Morgan fingerprint density at radius 1 is 1.22 bits per heavy atom. The molecule has 2 aromatic rings. The maximum absolute atomic E-state index is 13.2. The van der Waals surface area contributed by atoms with Crippen molar-refractivity contribution in [3.05, 3.63) is 65.7 Å². The van der Waals surface area contributed by atoms with E-state index in [0.717, 1.165) is 11.8 Å². The summed E-state index contributed by atoms with van der Waals surface area (Å²) < 4.78 is 13.2. The van der Waals surface area contributed by atoms with Crippen molar-refractivity contribution in [1.82, 2.24) is 4.98 Å². The predicted octanol–water partition coefficient (Wildman–Crippen LogP) is 3.06. The van der Waals surface area contributed by atoms with Crippen molar-refractivity contribution in [2.45, 2.75) is 25.4 Å². The van der Waals surface area contributed by atoms with E-state index in [2.05, 4.69) is 4.98 Å². The van der Waals surface area contributed by atoms with Gasteiger partial charge in [-0.25, -0.2) is 4.39 Å². The van der Waals surface area contributed by atoms with Crippen molar-refractivity contribution in [3.63, 3.8) is 0 Å². The van der Waals surface area contributed by atoms with Crippen LogP contribution >= 0.6 is 0 Å². The van der Waals surface area contributed by atoms with Crippen LogP contribution in [-0.2, 0) is 12.0 Å². The standard InChI is InChI=1S/C15H16FNO/c1-2-15(18,9-12-6-4-3-5-7-12)13-8-14(16)11-17-10-13/h3-8,10-11,18H,2,9H2,1H3. The normalized spacial score (nSPS) is 14.2. The Labute approximate surface area is 106 Å². The summed E-state index contributed by atoms with van der Waals surface area (Å²) in [5.41, 5.74) is 0.469. The van der Waals surface area contributed by atoms with Crippen molar-refractivity contribution in [3.8, 4) is 0 Å². The smallest absolute Gasteiger partial charge is 0.141 e. The van der Waals surface area contributed by atoms with Gasteiger partial charge in [0.2, 0.25) is 0 Å². The van der Waals surface area contributed by atoms with Crippen molar-refractivity contribution >= 4 is 0 Å². The summed E-state index contributed by atoms with van der Waals surface area (Å²) in [6.45, 7) is 1.88. The van der Waals surface area contributed by atoms with E-state index in [1.54, 1.807) is 0 Å². The number of aromatic nitrogens is 1. The van der Waals surface area contributed by atoms with Crippen LogP contribution in [0.5, 0.6) is 0 Å². The fourth-order valence-electron chi connectivity index (χ4n) is 2.03. The van der Waals surface area contributed by atoms with Gasteiger partial charge in [0.15, 0.2) is 0 Å². The van der Waals surface area contributed by atoms with Crippen LogP contribution in [0.15, 0.2) is 48.8 Å². The average molecular weight is 245 g/mol. The Kier molecular flexibility index (Phi) is 3.72. The molecule has 0 aliphatic heterocycles. The molecule has 2 nitrogen and oxygen atoms in total. The molecule has 2 rings (SSSR count). The lowest BCUT2D eigenvalue weighted by Gasteiger charge is -2.27. The van der Waals surface area contributed by atoms with Gasteiger partial charge >= 0.3 is 0 Å². The van der Waals surface area contributed by atoms with Crippen LogP contribution in [0.25, 0.3) is 0 Å². The average Bonchev–Trinajstić information content (AvgIpc) is 2.40. The molecule has 1 heterocycles. The van der Waals surface area contributed by atoms with Gasteiger partial charge in [-0.05, 0) is 18.1 Å². The molecule has 0 aliphatic rings. The fourth-order valence-corrected chi connectivity index (χ4v) is 2.03. The molecule has 0 saturated heterocycles. The number of benzene rings is 1. The highest BCUT2D eigenvalue weighted by molar-refractivity contribution is 5.24. The number of rotatable bonds is 4. The molecule has 94 valence electrons. The predicted molar refractivity (Wildman–Crippen MR) is 68.5 cm³/mol. The molecule has 1 atom stereocenters. The molecule has 1 N–H and O–H groups in total. The van der Waals surface area contributed by atoms with Crippen LogP contribution in [-0.4, -0.2) is 10.1 Å². The van der Waals surface area contributed by atoms with Gasteiger partial charge in [0, 0.05) is 18.2 Å². The minimum atomic E-state index is -1.07. The molecule has 1 aromatic carbocycles. The summed E-state index contributed by atoms with van der Waals surface area (Å²) in [6.07, 6.45) is 3.63. The minimum Gasteiger partial charge on any atom is -0.385 e. The first kappa shape index (κ1) is 12.7. The number of hydrogen-bond acceptors (Lipinski definition) is 2. The largest absolute Gasteiger partial charge is 0.385 e. The zero-order chi connectivity index (χ0) is 13.0. The maximum Gasteiger partial charge on any atom is 0.141 e. The van der Waals surface area contributed by atoms with E-state index in [1.807, 2.05) is 37.3 Å². The molecular weight excluding hydrogens is 229 g/mol. The van der Waals surface area contributed by atoms with Gasteiger partial charge in [0.05, 0.1) is 11.8 Å². The first-order valence-corrected chi connectivity index (χ1v) is 6.01. The summed E-state index contributed by atoms with van der Waals surface area (Å²) in [6, 6.07) is 11.0. The molecule has 1 unspecified atom stereocenters. The second-order valence-electron chi connectivity index (χ2n) is 4.44. The quantitative estimate of drug-likeness (QED) is 0.898. The summed E-state index contributed by atoms with van der Waals surface area (Å²) in [7, 11) is 0. The van der Waals surface area contributed by atoms with Crippen LogP contribution in [0, 0.1) is 5.82 Å². The molecule has 0 spiro atoms. The molecular formula is C15H16FNO. The zero-order valence-corrected chi connectivity index (χ0v) is 10.3. The number of nitrogens with zero attached hydrogens (tertiary/aromatic N) is 1. The lowest BCUT2D eigenvalue weighted by molar-refractivity contribution is 0.0320. The second kappa shape index (κ2) is 5.27. The van der Waals surface area contributed by atoms with Crippen LogP contribution in [0.1, 0.15) is 24.5 Å². The zero-order valence-electron chi connectivity index (χ0n) is 10.3. The molecule has 0 radical (unpaired) electrons. The highest BCUT2D eigenvalue weighted by Gasteiger charge is 2.28. The van der Waals surface area contributed by atoms with Crippen LogP contribution < -0.4 is 0 Å². The lowest BCUT2D eigenvalue weighted by Crippen LogP contribution is -2.28.